The van der Waals surface area contributed by atoms with Crippen LogP contribution in [-0.2, 0) is 0 Å². The predicted molar refractivity (Wildman–Crippen MR) is 46.5 cm³/mol. The molecule has 0 aromatic carbocycles. The maximum absolute atomic E-state index is 9.91. The van der Waals surface area contributed by atoms with E-state index >= 15 is 0 Å². The first-order chi connectivity index (χ1) is 5.17. The second kappa shape index (κ2) is 3.55. The van der Waals surface area contributed by atoms with Crippen molar-refractivity contribution in [3.05, 3.63) is 0 Å². The van der Waals surface area contributed by atoms with Crippen molar-refractivity contribution in [1.82, 2.24) is 5.32 Å². The quantitative estimate of drug-likeness (QED) is 0.630. The van der Waals surface area contributed by atoms with E-state index in [9.17, 15) is 5.11 Å². The van der Waals surface area contributed by atoms with E-state index in [1.807, 2.05) is 6.92 Å². The summed E-state index contributed by atoms with van der Waals surface area (Å²) in [6.45, 7) is 6.11. The lowest BCUT2D eigenvalue weighted by atomic mass is 9.82. The summed E-state index contributed by atoms with van der Waals surface area (Å²) >= 11 is 0. The first-order valence-electron chi connectivity index (χ1n) is 4.60. The molecule has 0 aliphatic carbocycles. The van der Waals surface area contributed by atoms with E-state index in [1.54, 1.807) is 0 Å². The predicted octanol–water partition coefficient (Wildman–Crippen LogP) is 1.15. The van der Waals surface area contributed by atoms with Crippen molar-refractivity contribution in [2.45, 2.75) is 38.7 Å². The molecule has 1 saturated heterocycles. The zero-order valence-corrected chi connectivity index (χ0v) is 7.56. The van der Waals surface area contributed by atoms with Crippen LogP contribution in [0.1, 0.15) is 33.1 Å². The highest BCUT2D eigenvalue weighted by molar-refractivity contribution is 4.84. The first-order valence-corrected chi connectivity index (χ1v) is 4.60. The summed E-state index contributed by atoms with van der Waals surface area (Å²) in [7, 11) is 0. The van der Waals surface area contributed by atoms with Crippen LogP contribution >= 0.6 is 0 Å². The highest BCUT2D eigenvalue weighted by atomic mass is 16.3. The molecule has 0 bridgehead atoms. The van der Waals surface area contributed by atoms with E-state index in [2.05, 4.69) is 12.2 Å². The van der Waals surface area contributed by atoms with Crippen molar-refractivity contribution in [2.75, 3.05) is 13.1 Å². The van der Waals surface area contributed by atoms with Crippen LogP contribution in [0.4, 0.5) is 0 Å². The van der Waals surface area contributed by atoms with Gasteiger partial charge in [0.1, 0.15) is 0 Å². The fourth-order valence-electron chi connectivity index (χ4n) is 1.67. The van der Waals surface area contributed by atoms with Crippen LogP contribution in [0.25, 0.3) is 0 Å². The minimum absolute atomic E-state index is 0.451. The molecular formula is C9H19NO. The molecule has 1 heterocycles. The highest BCUT2D eigenvalue weighted by Gasteiger charge is 2.30. The average molecular weight is 157 g/mol. The lowest BCUT2D eigenvalue weighted by Crippen LogP contribution is -2.43. The van der Waals surface area contributed by atoms with Gasteiger partial charge in [-0.2, -0.15) is 0 Å². The van der Waals surface area contributed by atoms with E-state index in [1.165, 1.54) is 12.8 Å². The number of rotatable bonds is 2. The molecule has 2 N–H and O–H groups in total. The maximum Gasteiger partial charge on any atom is 0.0657 e. The second-order valence-corrected chi connectivity index (χ2v) is 3.75. The molecule has 0 radical (unpaired) electrons. The van der Waals surface area contributed by atoms with Gasteiger partial charge in [-0.05, 0) is 38.6 Å². The summed E-state index contributed by atoms with van der Waals surface area (Å²) in [5.74, 6) is 0.459. The van der Waals surface area contributed by atoms with Crippen molar-refractivity contribution in [3.63, 3.8) is 0 Å². The molecule has 0 spiro atoms. The molecule has 0 saturated carbocycles. The Morgan fingerprint density at radius 3 is 2.82 bits per heavy atom. The molecule has 0 aromatic heterocycles. The largest absolute Gasteiger partial charge is 0.390 e. The summed E-state index contributed by atoms with van der Waals surface area (Å²) in [6.07, 6.45) is 3.24. The molecule has 0 amide bonds. The summed E-state index contributed by atoms with van der Waals surface area (Å²) < 4.78 is 0. The van der Waals surface area contributed by atoms with E-state index in [4.69, 9.17) is 0 Å². The van der Waals surface area contributed by atoms with Gasteiger partial charge in [0.25, 0.3) is 0 Å². The van der Waals surface area contributed by atoms with Crippen molar-refractivity contribution < 1.29 is 5.11 Å². The number of hydrogen-bond acceptors (Lipinski definition) is 2. The second-order valence-electron chi connectivity index (χ2n) is 3.75. The molecule has 1 rings (SSSR count). The zero-order valence-electron chi connectivity index (χ0n) is 7.56. The van der Waals surface area contributed by atoms with E-state index < -0.39 is 5.60 Å². The van der Waals surface area contributed by atoms with Gasteiger partial charge in [0.15, 0.2) is 0 Å². The Bertz CT molecular complexity index is 117. The van der Waals surface area contributed by atoms with Crippen LogP contribution in [-0.4, -0.2) is 23.8 Å². The molecular weight excluding hydrogens is 138 g/mol. The number of nitrogens with one attached hydrogen (secondary N) is 1. The van der Waals surface area contributed by atoms with Crippen LogP contribution in [0.2, 0.25) is 0 Å². The van der Waals surface area contributed by atoms with Crippen LogP contribution in [0, 0.1) is 5.92 Å². The minimum atomic E-state index is -0.451. The summed E-state index contributed by atoms with van der Waals surface area (Å²) in [4.78, 5) is 0. The Hall–Kier alpha value is -0.0800. The highest BCUT2D eigenvalue weighted by Crippen LogP contribution is 2.26. The Balaban J connectivity index is 2.43. The normalized spacial score (nSPS) is 31.4. The van der Waals surface area contributed by atoms with Gasteiger partial charge in [-0.3, -0.25) is 0 Å². The molecule has 2 atom stereocenters. The van der Waals surface area contributed by atoms with Gasteiger partial charge in [0.05, 0.1) is 5.60 Å². The van der Waals surface area contributed by atoms with Gasteiger partial charge in [-0.1, -0.05) is 6.92 Å². The van der Waals surface area contributed by atoms with E-state index in [0.29, 0.717) is 5.92 Å². The lowest BCUT2D eigenvalue weighted by molar-refractivity contribution is -0.0138. The number of hydrogen-bond donors (Lipinski definition) is 2. The van der Waals surface area contributed by atoms with Gasteiger partial charge in [-0.15, -0.1) is 0 Å². The third kappa shape index (κ3) is 2.17. The zero-order chi connectivity index (χ0) is 8.32. The molecule has 0 aromatic rings. The van der Waals surface area contributed by atoms with Crippen LogP contribution < -0.4 is 5.32 Å². The Labute approximate surface area is 69.0 Å². The standard InChI is InChI=1S/C9H19NO/c1-3-9(2,11)8-5-4-6-10-7-8/h8,10-11H,3-7H2,1-2H3. The first kappa shape index (κ1) is 9.01. The molecule has 1 aliphatic heterocycles. The summed E-state index contributed by atoms with van der Waals surface area (Å²) in [5, 5.41) is 13.2. The summed E-state index contributed by atoms with van der Waals surface area (Å²) in [6, 6.07) is 0. The van der Waals surface area contributed by atoms with Gasteiger partial charge in [-0.25, -0.2) is 0 Å². The van der Waals surface area contributed by atoms with Crippen molar-refractivity contribution in [2.24, 2.45) is 5.92 Å². The Morgan fingerprint density at radius 1 is 1.64 bits per heavy atom. The number of piperidine rings is 1. The number of aliphatic hydroxyl groups is 1. The maximum atomic E-state index is 9.91. The summed E-state index contributed by atoms with van der Waals surface area (Å²) in [5.41, 5.74) is -0.451. The SMILES string of the molecule is CCC(C)(O)C1CCCNC1. The van der Waals surface area contributed by atoms with Gasteiger partial charge >= 0.3 is 0 Å². The van der Waals surface area contributed by atoms with Crippen molar-refractivity contribution in [1.29, 1.82) is 0 Å². The van der Waals surface area contributed by atoms with Gasteiger partial charge < -0.3 is 10.4 Å². The third-order valence-electron chi connectivity index (χ3n) is 2.89. The van der Waals surface area contributed by atoms with Gasteiger partial charge in [0.2, 0.25) is 0 Å². The Kier molecular flexibility index (Phi) is 2.90. The van der Waals surface area contributed by atoms with Crippen LogP contribution in [0.15, 0.2) is 0 Å². The Morgan fingerprint density at radius 2 is 2.36 bits per heavy atom. The molecule has 2 unspecified atom stereocenters. The fourth-order valence-corrected chi connectivity index (χ4v) is 1.67. The molecule has 2 heteroatoms. The topological polar surface area (TPSA) is 32.3 Å². The van der Waals surface area contributed by atoms with Crippen molar-refractivity contribution in [3.8, 4) is 0 Å². The average Bonchev–Trinajstić information content (AvgIpc) is 2.06. The third-order valence-corrected chi connectivity index (χ3v) is 2.89. The van der Waals surface area contributed by atoms with Gasteiger partial charge in [0, 0.05) is 6.54 Å². The van der Waals surface area contributed by atoms with Crippen molar-refractivity contribution >= 4 is 0 Å². The molecule has 11 heavy (non-hydrogen) atoms. The molecule has 1 aliphatic rings. The minimum Gasteiger partial charge on any atom is -0.390 e. The van der Waals surface area contributed by atoms with E-state index in [0.717, 1.165) is 19.5 Å². The monoisotopic (exact) mass is 157 g/mol. The molecule has 2 nitrogen and oxygen atoms in total. The van der Waals surface area contributed by atoms with E-state index in [-0.39, 0.29) is 0 Å². The van der Waals surface area contributed by atoms with Crippen LogP contribution in [0.3, 0.4) is 0 Å². The smallest absolute Gasteiger partial charge is 0.0657 e. The molecule has 1 fully saturated rings. The van der Waals surface area contributed by atoms with Crippen LogP contribution in [0.5, 0.6) is 0 Å². The lowest BCUT2D eigenvalue weighted by Gasteiger charge is -2.35. The fraction of sp³-hybridized carbons (Fsp3) is 1.00. The molecule has 66 valence electrons.